The smallest absolute Gasteiger partial charge is 0.341 e. The Hall–Kier alpha value is -1.69. The Morgan fingerprint density at radius 1 is 1.33 bits per heavy atom. The van der Waals surface area contributed by atoms with Crippen LogP contribution in [0, 0.1) is 6.92 Å². The molecule has 0 saturated heterocycles. The monoisotopic (exact) mass is 294 g/mol. The van der Waals surface area contributed by atoms with E-state index in [1.165, 1.54) is 6.20 Å². The van der Waals surface area contributed by atoms with Gasteiger partial charge in [0.25, 0.3) is 0 Å². The SMILES string of the molecule is CCCN(CC)CCNc1ncc(C(=O)OCC)c(C)n1. The third kappa shape index (κ3) is 5.67. The quantitative estimate of drug-likeness (QED) is 0.704. The third-order valence-electron chi connectivity index (χ3n) is 3.17. The summed E-state index contributed by atoms with van der Waals surface area (Å²) in [4.78, 5) is 22.5. The zero-order valence-electron chi connectivity index (χ0n) is 13.5. The molecular weight excluding hydrogens is 268 g/mol. The third-order valence-corrected chi connectivity index (χ3v) is 3.17. The molecule has 1 N–H and O–H groups in total. The van der Waals surface area contributed by atoms with Gasteiger partial charge in [-0.1, -0.05) is 13.8 Å². The molecule has 1 heterocycles. The molecule has 0 aliphatic heterocycles. The van der Waals surface area contributed by atoms with E-state index in [0.717, 1.165) is 32.6 Å². The summed E-state index contributed by atoms with van der Waals surface area (Å²) in [5.74, 6) is 0.176. The van der Waals surface area contributed by atoms with Crippen LogP contribution >= 0.6 is 0 Å². The van der Waals surface area contributed by atoms with Crippen LogP contribution in [0.1, 0.15) is 43.2 Å². The molecule has 1 rings (SSSR count). The van der Waals surface area contributed by atoms with Gasteiger partial charge in [0, 0.05) is 19.3 Å². The maximum Gasteiger partial charge on any atom is 0.341 e. The normalized spacial score (nSPS) is 10.7. The van der Waals surface area contributed by atoms with Crippen LogP contribution in [0.2, 0.25) is 0 Å². The topological polar surface area (TPSA) is 67.4 Å². The lowest BCUT2D eigenvalue weighted by molar-refractivity contribution is 0.0524. The minimum absolute atomic E-state index is 0.350. The van der Waals surface area contributed by atoms with Crippen molar-refractivity contribution in [1.82, 2.24) is 14.9 Å². The Labute approximate surface area is 126 Å². The van der Waals surface area contributed by atoms with Gasteiger partial charge in [0.1, 0.15) is 0 Å². The van der Waals surface area contributed by atoms with Gasteiger partial charge < -0.3 is 15.0 Å². The summed E-state index contributed by atoms with van der Waals surface area (Å²) in [7, 11) is 0. The minimum atomic E-state index is -0.373. The van der Waals surface area contributed by atoms with Crippen molar-refractivity contribution in [3.05, 3.63) is 17.5 Å². The summed E-state index contributed by atoms with van der Waals surface area (Å²) in [6, 6.07) is 0. The van der Waals surface area contributed by atoms with Crippen LogP contribution in [0.25, 0.3) is 0 Å². The molecule has 1 aromatic rings. The van der Waals surface area contributed by atoms with Gasteiger partial charge in [-0.15, -0.1) is 0 Å². The highest BCUT2D eigenvalue weighted by atomic mass is 16.5. The molecule has 0 amide bonds. The van der Waals surface area contributed by atoms with Crippen LogP contribution in [-0.2, 0) is 4.74 Å². The molecule has 1 aromatic heterocycles. The Morgan fingerprint density at radius 2 is 2.10 bits per heavy atom. The molecule has 0 atom stereocenters. The molecule has 0 spiro atoms. The standard InChI is InChI=1S/C15H26N4O2/c1-5-9-19(6-2)10-8-16-15-17-11-13(12(4)18-15)14(20)21-7-3/h11H,5-10H2,1-4H3,(H,16,17,18). The zero-order chi connectivity index (χ0) is 15.7. The first-order valence-corrected chi connectivity index (χ1v) is 7.59. The number of esters is 1. The Bertz CT molecular complexity index is 451. The maximum absolute atomic E-state index is 11.7. The lowest BCUT2D eigenvalue weighted by Crippen LogP contribution is -2.30. The Balaban J connectivity index is 2.54. The van der Waals surface area contributed by atoms with Crippen molar-refractivity contribution in [2.45, 2.75) is 34.1 Å². The first-order valence-electron chi connectivity index (χ1n) is 7.59. The number of anilines is 1. The predicted octanol–water partition coefficient (Wildman–Crippen LogP) is 2.11. The maximum atomic E-state index is 11.7. The number of aryl methyl sites for hydroxylation is 1. The second-order valence-electron chi connectivity index (χ2n) is 4.77. The van der Waals surface area contributed by atoms with Crippen LogP contribution < -0.4 is 5.32 Å². The number of nitrogens with zero attached hydrogens (tertiary/aromatic N) is 3. The molecule has 118 valence electrons. The van der Waals surface area contributed by atoms with Crippen LogP contribution in [0.15, 0.2) is 6.20 Å². The summed E-state index contributed by atoms with van der Waals surface area (Å²) in [5, 5.41) is 3.19. The van der Waals surface area contributed by atoms with Gasteiger partial charge in [-0.3, -0.25) is 0 Å². The zero-order valence-corrected chi connectivity index (χ0v) is 13.5. The van der Waals surface area contributed by atoms with E-state index in [2.05, 4.69) is 34.0 Å². The highest BCUT2D eigenvalue weighted by Crippen LogP contribution is 2.08. The van der Waals surface area contributed by atoms with Crippen LogP contribution in [0.3, 0.4) is 0 Å². The summed E-state index contributed by atoms with van der Waals surface area (Å²) in [5.41, 5.74) is 1.05. The highest BCUT2D eigenvalue weighted by molar-refractivity contribution is 5.90. The largest absolute Gasteiger partial charge is 0.462 e. The molecule has 0 aromatic carbocycles. The minimum Gasteiger partial charge on any atom is -0.462 e. The number of hydrogen-bond donors (Lipinski definition) is 1. The molecule has 0 unspecified atom stereocenters. The number of likely N-dealkylation sites (N-methyl/N-ethyl adjacent to an activating group) is 1. The number of aromatic nitrogens is 2. The van der Waals surface area contributed by atoms with Gasteiger partial charge in [-0.25, -0.2) is 14.8 Å². The number of ether oxygens (including phenoxy) is 1. The molecule has 6 nitrogen and oxygen atoms in total. The number of rotatable bonds is 9. The summed E-state index contributed by atoms with van der Waals surface area (Å²) in [6.07, 6.45) is 2.67. The van der Waals surface area contributed by atoms with Crippen molar-refractivity contribution in [1.29, 1.82) is 0 Å². The van der Waals surface area contributed by atoms with Crippen LogP contribution in [0.4, 0.5) is 5.95 Å². The highest BCUT2D eigenvalue weighted by Gasteiger charge is 2.12. The van der Waals surface area contributed by atoms with Gasteiger partial charge >= 0.3 is 5.97 Å². The van der Waals surface area contributed by atoms with E-state index in [9.17, 15) is 4.79 Å². The molecule has 0 radical (unpaired) electrons. The van der Waals surface area contributed by atoms with E-state index in [4.69, 9.17) is 4.74 Å². The summed E-state index contributed by atoms with van der Waals surface area (Å²) < 4.78 is 4.96. The Morgan fingerprint density at radius 3 is 2.67 bits per heavy atom. The van der Waals surface area contributed by atoms with Crippen molar-refractivity contribution in [2.24, 2.45) is 0 Å². The molecule has 0 bridgehead atoms. The fourth-order valence-corrected chi connectivity index (χ4v) is 2.03. The van der Waals surface area contributed by atoms with Crippen molar-refractivity contribution in [3.63, 3.8) is 0 Å². The number of carbonyl (C=O) groups excluding carboxylic acids is 1. The molecule has 0 fully saturated rings. The lowest BCUT2D eigenvalue weighted by Gasteiger charge is -2.19. The van der Waals surface area contributed by atoms with Gasteiger partial charge in [0.15, 0.2) is 0 Å². The first kappa shape index (κ1) is 17.4. The number of carbonyl (C=O) groups is 1. The van der Waals surface area contributed by atoms with Gasteiger partial charge in [0.2, 0.25) is 5.95 Å². The van der Waals surface area contributed by atoms with E-state index < -0.39 is 0 Å². The molecule has 0 saturated carbocycles. The van der Waals surface area contributed by atoms with Gasteiger partial charge in [-0.2, -0.15) is 0 Å². The molecular formula is C15H26N4O2. The average molecular weight is 294 g/mol. The lowest BCUT2D eigenvalue weighted by atomic mass is 10.2. The molecule has 6 heteroatoms. The van der Waals surface area contributed by atoms with E-state index in [0.29, 0.717) is 23.8 Å². The average Bonchev–Trinajstić information content (AvgIpc) is 2.46. The number of nitrogens with one attached hydrogen (secondary N) is 1. The molecule has 21 heavy (non-hydrogen) atoms. The van der Waals surface area contributed by atoms with Crippen molar-refractivity contribution in [3.8, 4) is 0 Å². The molecule has 0 aliphatic rings. The van der Waals surface area contributed by atoms with Crippen LogP contribution in [-0.4, -0.2) is 53.6 Å². The van der Waals surface area contributed by atoms with E-state index >= 15 is 0 Å². The molecule has 0 aliphatic carbocycles. The fraction of sp³-hybridized carbons (Fsp3) is 0.667. The van der Waals surface area contributed by atoms with Crippen molar-refractivity contribution >= 4 is 11.9 Å². The van der Waals surface area contributed by atoms with E-state index in [1.807, 2.05) is 0 Å². The van der Waals surface area contributed by atoms with Crippen molar-refractivity contribution in [2.75, 3.05) is 38.1 Å². The van der Waals surface area contributed by atoms with Crippen LogP contribution in [0.5, 0.6) is 0 Å². The second kappa shape index (κ2) is 9.28. The van der Waals surface area contributed by atoms with Gasteiger partial charge in [-0.05, 0) is 33.4 Å². The number of hydrogen-bond acceptors (Lipinski definition) is 6. The van der Waals surface area contributed by atoms with E-state index in [1.54, 1.807) is 13.8 Å². The first-order chi connectivity index (χ1) is 10.1. The van der Waals surface area contributed by atoms with E-state index in [-0.39, 0.29) is 5.97 Å². The predicted molar refractivity (Wildman–Crippen MR) is 83.6 cm³/mol. The second-order valence-corrected chi connectivity index (χ2v) is 4.77. The fourth-order valence-electron chi connectivity index (χ4n) is 2.03. The van der Waals surface area contributed by atoms with Gasteiger partial charge in [0.05, 0.1) is 17.9 Å². The summed E-state index contributed by atoms with van der Waals surface area (Å²) in [6.45, 7) is 12.1. The Kier molecular flexibility index (Phi) is 7.68. The summed E-state index contributed by atoms with van der Waals surface area (Å²) >= 11 is 0. The van der Waals surface area contributed by atoms with Crippen molar-refractivity contribution < 1.29 is 9.53 Å².